The third-order valence-corrected chi connectivity index (χ3v) is 5.43. The Labute approximate surface area is 179 Å². The van der Waals surface area contributed by atoms with Gasteiger partial charge >= 0.3 is 5.88 Å². The number of pyridine rings is 1. The molecule has 0 saturated carbocycles. The van der Waals surface area contributed by atoms with Gasteiger partial charge in [-0.25, -0.2) is 0 Å². The van der Waals surface area contributed by atoms with Crippen LogP contribution in [0.1, 0.15) is 50.4 Å². The van der Waals surface area contributed by atoms with E-state index in [1.165, 1.54) is 37.1 Å². The fourth-order valence-corrected chi connectivity index (χ4v) is 3.61. The molecule has 0 aliphatic rings. The van der Waals surface area contributed by atoms with Crippen molar-refractivity contribution >= 4 is 17.6 Å². The van der Waals surface area contributed by atoms with Crippen molar-refractivity contribution in [3.8, 4) is 23.2 Å². The number of thioether (sulfide) groups is 1. The summed E-state index contributed by atoms with van der Waals surface area (Å²) < 4.78 is 7.04. The van der Waals surface area contributed by atoms with Crippen LogP contribution in [0.4, 0.5) is 5.88 Å². The molecule has 0 N–H and O–H groups in total. The predicted molar refractivity (Wildman–Crippen MR) is 115 cm³/mol. The van der Waals surface area contributed by atoms with Crippen LogP contribution < -0.4 is 0 Å². The van der Waals surface area contributed by atoms with Crippen LogP contribution in [0.3, 0.4) is 0 Å². The molecule has 9 heteroatoms. The van der Waals surface area contributed by atoms with Crippen LogP contribution in [0.5, 0.6) is 0 Å². The third kappa shape index (κ3) is 5.70. The second-order valence-electron chi connectivity index (χ2n) is 6.73. The lowest BCUT2D eigenvalue weighted by Gasteiger charge is -2.03. The number of nitro groups is 1. The molecule has 0 spiro atoms. The van der Waals surface area contributed by atoms with Gasteiger partial charge in [-0.1, -0.05) is 49.8 Å². The maximum atomic E-state index is 10.7. The molecule has 0 aromatic carbocycles. The Kier molecular flexibility index (Phi) is 7.63. The Bertz CT molecular complexity index is 1060. The SMILES string of the molecule is CCCCCCC#Cc1cncc(-c2nnc(SCc3ccc([N+](=O)[O-])o3)n2C)c1. The molecule has 156 valence electrons. The standard InChI is InChI=1S/C21H23N5O3S/c1-3-4-5-6-7-8-9-16-12-17(14-22-13-16)20-23-24-21(25(20)2)30-15-18-10-11-19(29-18)26(27)28/h10-14H,3-7,15H2,1-2H3. The zero-order valence-corrected chi connectivity index (χ0v) is 17.8. The molecule has 0 unspecified atom stereocenters. The van der Waals surface area contributed by atoms with Crippen molar-refractivity contribution in [3.63, 3.8) is 0 Å². The van der Waals surface area contributed by atoms with Crippen LogP contribution in [0.2, 0.25) is 0 Å². The average molecular weight is 426 g/mol. The number of nitrogens with zero attached hydrogens (tertiary/aromatic N) is 5. The molecule has 3 aromatic heterocycles. The molecular weight excluding hydrogens is 402 g/mol. The minimum absolute atomic E-state index is 0.265. The van der Waals surface area contributed by atoms with Crippen LogP contribution in [-0.4, -0.2) is 24.7 Å². The van der Waals surface area contributed by atoms with Crippen LogP contribution in [-0.2, 0) is 12.8 Å². The molecule has 0 fully saturated rings. The second-order valence-corrected chi connectivity index (χ2v) is 7.67. The molecule has 0 aliphatic heterocycles. The van der Waals surface area contributed by atoms with E-state index in [0.717, 1.165) is 24.0 Å². The summed E-state index contributed by atoms with van der Waals surface area (Å²) in [5.41, 5.74) is 1.69. The Hall–Kier alpha value is -3.12. The first-order valence-electron chi connectivity index (χ1n) is 9.78. The van der Waals surface area contributed by atoms with E-state index in [2.05, 4.69) is 33.9 Å². The van der Waals surface area contributed by atoms with Crippen molar-refractivity contribution in [2.45, 2.75) is 49.9 Å². The topological polar surface area (TPSA) is 99.9 Å². The lowest BCUT2D eigenvalue weighted by atomic mass is 10.1. The van der Waals surface area contributed by atoms with Gasteiger partial charge in [-0.05, 0) is 18.6 Å². The van der Waals surface area contributed by atoms with Gasteiger partial charge in [-0.2, -0.15) is 0 Å². The molecule has 8 nitrogen and oxygen atoms in total. The second kappa shape index (κ2) is 10.6. The van der Waals surface area contributed by atoms with Crippen molar-refractivity contribution in [1.29, 1.82) is 0 Å². The predicted octanol–water partition coefficient (Wildman–Crippen LogP) is 4.99. The summed E-state index contributed by atoms with van der Waals surface area (Å²) in [6.45, 7) is 2.20. The minimum atomic E-state index is -0.553. The highest BCUT2D eigenvalue weighted by molar-refractivity contribution is 7.98. The highest BCUT2D eigenvalue weighted by atomic mass is 32.2. The molecule has 0 amide bonds. The summed E-state index contributed by atoms with van der Waals surface area (Å²) in [5.74, 6) is 7.73. The number of aromatic nitrogens is 4. The van der Waals surface area contributed by atoms with Crippen molar-refractivity contribution in [3.05, 3.63) is 52.0 Å². The van der Waals surface area contributed by atoms with Gasteiger partial charge in [0.05, 0.1) is 11.8 Å². The van der Waals surface area contributed by atoms with Gasteiger partial charge in [-0.15, -0.1) is 10.2 Å². The quantitative estimate of drug-likeness (QED) is 0.156. The summed E-state index contributed by atoms with van der Waals surface area (Å²) in [6, 6.07) is 4.90. The number of hydrogen-bond acceptors (Lipinski definition) is 7. The van der Waals surface area contributed by atoms with E-state index in [-0.39, 0.29) is 5.88 Å². The van der Waals surface area contributed by atoms with Crippen LogP contribution in [0.15, 0.2) is 40.2 Å². The van der Waals surface area contributed by atoms with Gasteiger partial charge in [0.1, 0.15) is 10.7 Å². The first-order valence-corrected chi connectivity index (χ1v) is 10.8. The van der Waals surface area contributed by atoms with E-state index in [1.54, 1.807) is 18.5 Å². The van der Waals surface area contributed by atoms with Crippen molar-refractivity contribution < 1.29 is 9.34 Å². The summed E-state index contributed by atoms with van der Waals surface area (Å²) in [7, 11) is 1.87. The van der Waals surface area contributed by atoms with Crippen molar-refractivity contribution in [1.82, 2.24) is 19.7 Å². The van der Waals surface area contributed by atoms with Crippen molar-refractivity contribution in [2.75, 3.05) is 0 Å². The van der Waals surface area contributed by atoms with E-state index in [4.69, 9.17) is 4.42 Å². The number of unbranched alkanes of at least 4 members (excludes halogenated alkanes) is 4. The summed E-state index contributed by atoms with van der Waals surface area (Å²) in [6.07, 6.45) is 9.19. The van der Waals surface area contributed by atoms with Crippen molar-refractivity contribution in [2.24, 2.45) is 7.05 Å². The van der Waals surface area contributed by atoms with E-state index in [0.29, 0.717) is 22.5 Å². The van der Waals surface area contributed by atoms with E-state index >= 15 is 0 Å². The zero-order valence-electron chi connectivity index (χ0n) is 17.0. The minimum Gasteiger partial charge on any atom is -0.405 e. The molecule has 0 atom stereocenters. The summed E-state index contributed by atoms with van der Waals surface area (Å²) in [5, 5.41) is 19.9. The molecular formula is C21H23N5O3S. The summed E-state index contributed by atoms with van der Waals surface area (Å²) >= 11 is 1.39. The molecule has 0 saturated heterocycles. The Morgan fingerprint density at radius 2 is 2.10 bits per heavy atom. The molecule has 0 radical (unpaired) electrons. The molecule has 3 aromatic rings. The fraction of sp³-hybridized carbons (Fsp3) is 0.381. The maximum absolute atomic E-state index is 10.7. The Morgan fingerprint density at radius 1 is 1.23 bits per heavy atom. The number of rotatable bonds is 9. The zero-order chi connectivity index (χ0) is 21.3. The molecule has 0 aliphatic carbocycles. The van der Waals surface area contributed by atoms with E-state index in [9.17, 15) is 10.1 Å². The Morgan fingerprint density at radius 3 is 2.87 bits per heavy atom. The van der Waals surface area contributed by atoms with Gasteiger partial charge in [0, 0.05) is 37.0 Å². The van der Waals surface area contributed by atoms with Gasteiger partial charge in [0.25, 0.3) is 0 Å². The van der Waals surface area contributed by atoms with Gasteiger partial charge in [0.2, 0.25) is 0 Å². The van der Waals surface area contributed by atoms with Gasteiger partial charge in [-0.3, -0.25) is 15.1 Å². The number of furan rings is 1. The third-order valence-electron chi connectivity index (χ3n) is 4.39. The van der Waals surface area contributed by atoms with Gasteiger partial charge in [0.15, 0.2) is 11.0 Å². The lowest BCUT2D eigenvalue weighted by Crippen LogP contribution is -1.96. The number of hydrogen-bond donors (Lipinski definition) is 0. The van der Waals surface area contributed by atoms with Crippen LogP contribution >= 0.6 is 11.8 Å². The van der Waals surface area contributed by atoms with E-state index in [1.807, 2.05) is 17.7 Å². The van der Waals surface area contributed by atoms with Gasteiger partial charge < -0.3 is 8.98 Å². The molecule has 30 heavy (non-hydrogen) atoms. The average Bonchev–Trinajstić information content (AvgIpc) is 3.36. The summed E-state index contributed by atoms with van der Waals surface area (Å²) in [4.78, 5) is 14.4. The normalized spacial score (nSPS) is 10.6. The van der Waals surface area contributed by atoms with Crippen LogP contribution in [0.25, 0.3) is 11.4 Å². The lowest BCUT2D eigenvalue weighted by molar-refractivity contribution is -0.402. The monoisotopic (exact) mass is 425 g/mol. The fourth-order valence-electron chi connectivity index (χ4n) is 2.81. The maximum Gasteiger partial charge on any atom is 0.433 e. The smallest absolute Gasteiger partial charge is 0.405 e. The largest absolute Gasteiger partial charge is 0.433 e. The molecule has 0 bridgehead atoms. The molecule has 3 heterocycles. The van der Waals surface area contributed by atoms with Crippen LogP contribution in [0, 0.1) is 22.0 Å². The first-order chi connectivity index (χ1) is 14.6. The Balaban J connectivity index is 1.64. The highest BCUT2D eigenvalue weighted by Crippen LogP contribution is 2.27. The molecule has 3 rings (SSSR count). The van der Waals surface area contributed by atoms with E-state index < -0.39 is 4.92 Å². The highest BCUT2D eigenvalue weighted by Gasteiger charge is 2.15. The first kappa shape index (κ1) is 21.6.